The second-order valence-electron chi connectivity index (χ2n) is 12.7. The van der Waals surface area contributed by atoms with Crippen LogP contribution < -0.4 is 0 Å². The van der Waals surface area contributed by atoms with Crippen molar-refractivity contribution in [1.29, 1.82) is 0 Å². The largest absolute Gasteiger partial charge is 0.313 e. The summed E-state index contributed by atoms with van der Waals surface area (Å²) in [5, 5.41) is 5.25. The number of fused-ring (bicyclic) bond motifs is 6. The Kier molecular flexibility index (Phi) is 6.07. The van der Waals surface area contributed by atoms with E-state index in [0.29, 0.717) is 0 Å². The van der Waals surface area contributed by atoms with E-state index in [1.54, 1.807) is 5.57 Å². The summed E-state index contributed by atoms with van der Waals surface area (Å²) in [6, 6.07) is 42.6. The summed E-state index contributed by atoms with van der Waals surface area (Å²) in [5.41, 5.74) is 11.8. The molecule has 0 aliphatic heterocycles. The van der Waals surface area contributed by atoms with Crippen LogP contribution in [0.5, 0.6) is 0 Å². The zero-order chi connectivity index (χ0) is 29.0. The molecule has 2 heteroatoms. The van der Waals surface area contributed by atoms with Gasteiger partial charge in [-0.25, -0.2) is 0 Å². The molecule has 0 spiro atoms. The van der Waals surface area contributed by atoms with Gasteiger partial charge in [0.05, 0.1) is 22.1 Å². The Labute approximate surface area is 258 Å². The molecule has 2 nitrogen and oxygen atoms in total. The molecular formula is C42H36N2. The van der Waals surface area contributed by atoms with E-state index in [2.05, 4.69) is 137 Å². The normalized spacial score (nSPS) is 16.2. The van der Waals surface area contributed by atoms with Crippen molar-refractivity contribution in [2.45, 2.75) is 44.9 Å². The average molecular weight is 569 g/mol. The molecule has 0 N–H and O–H groups in total. The number of benzene rings is 5. The second kappa shape index (κ2) is 10.4. The van der Waals surface area contributed by atoms with Gasteiger partial charge in [0.2, 0.25) is 0 Å². The van der Waals surface area contributed by atoms with Crippen LogP contribution >= 0.6 is 0 Å². The van der Waals surface area contributed by atoms with E-state index in [1.165, 1.54) is 98.2 Å². The quantitative estimate of drug-likeness (QED) is 0.200. The monoisotopic (exact) mass is 568 g/mol. The molecule has 0 saturated heterocycles. The molecule has 0 atom stereocenters. The van der Waals surface area contributed by atoms with Gasteiger partial charge in [-0.3, -0.25) is 0 Å². The molecule has 0 radical (unpaired) electrons. The van der Waals surface area contributed by atoms with Crippen molar-refractivity contribution in [2.75, 3.05) is 0 Å². The predicted molar refractivity (Wildman–Crippen MR) is 187 cm³/mol. The maximum atomic E-state index is 2.57. The Balaban J connectivity index is 1.22. The molecule has 2 heterocycles. The van der Waals surface area contributed by atoms with Crippen LogP contribution in [-0.4, -0.2) is 9.13 Å². The highest BCUT2D eigenvalue weighted by molar-refractivity contribution is 6.12. The molecule has 7 aromatic rings. The number of hydrogen-bond donors (Lipinski definition) is 0. The van der Waals surface area contributed by atoms with Crippen LogP contribution in [0.25, 0.3) is 66.1 Å². The van der Waals surface area contributed by atoms with Gasteiger partial charge in [-0.2, -0.15) is 0 Å². The third kappa shape index (κ3) is 4.08. The lowest BCUT2D eigenvalue weighted by Crippen LogP contribution is -2.11. The SMILES string of the molecule is C1=C(C2CCCCC2)C=C(n2c3ccccc3c3ccc(-c4ccc5c(c4)c4ccccc4n5-c4ccccc4)cc32)CC1. The molecule has 0 bridgehead atoms. The summed E-state index contributed by atoms with van der Waals surface area (Å²) in [4.78, 5) is 0. The topological polar surface area (TPSA) is 9.86 Å². The second-order valence-corrected chi connectivity index (χ2v) is 12.7. The first-order chi connectivity index (χ1) is 21.8. The molecule has 2 aliphatic rings. The molecule has 0 amide bonds. The third-order valence-corrected chi connectivity index (χ3v) is 10.2. The Morgan fingerprint density at radius 2 is 1.14 bits per heavy atom. The van der Waals surface area contributed by atoms with E-state index in [4.69, 9.17) is 0 Å². The maximum Gasteiger partial charge on any atom is 0.0544 e. The van der Waals surface area contributed by atoms with Gasteiger partial charge < -0.3 is 9.13 Å². The summed E-state index contributed by atoms with van der Waals surface area (Å²) in [5.74, 6) is 0.729. The Bertz CT molecular complexity index is 2250. The van der Waals surface area contributed by atoms with Crippen molar-refractivity contribution in [2.24, 2.45) is 5.92 Å². The molecule has 214 valence electrons. The van der Waals surface area contributed by atoms with Gasteiger partial charge in [-0.05, 0) is 96.8 Å². The number of para-hydroxylation sites is 3. The van der Waals surface area contributed by atoms with E-state index in [-0.39, 0.29) is 0 Å². The van der Waals surface area contributed by atoms with Crippen molar-refractivity contribution in [3.63, 3.8) is 0 Å². The third-order valence-electron chi connectivity index (χ3n) is 10.2. The Hall–Kier alpha value is -4.82. The number of rotatable bonds is 4. The lowest BCUT2D eigenvalue weighted by Gasteiger charge is -2.26. The fourth-order valence-corrected chi connectivity index (χ4v) is 8.07. The first-order valence-electron chi connectivity index (χ1n) is 16.4. The van der Waals surface area contributed by atoms with Crippen molar-refractivity contribution < 1.29 is 0 Å². The predicted octanol–water partition coefficient (Wildman–Crippen LogP) is 11.7. The highest BCUT2D eigenvalue weighted by atomic mass is 15.0. The minimum Gasteiger partial charge on any atom is -0.313 e. The van der Waals surface area contributed by atoms with Gasteiger partial charge in [0.1, 0.15) is 0 Å². The number of aromatic nitrogens is 2. The number of allylic oxidation sites excluding steroid dienone is 4. The number of nitrogens with zero attached hydrogens (tertiary/aromatic N) is 2. The molecule has 2 aromatic heterocycles. The minimum absolute atomic E-state index is 0.729. The van der Waals surface area contributed by atoms with Crippen LogP contribution in [0.15, 0.2) is 133 Å². The van der Waals surface area contributed by atoms with Crippen molar-refractivity contribution in [3.8, 4) is 16.8 Å². The summed E-state index contributed by atoms with van der Waals surface area (Å²) >= 11 is 0. The highest BCUT2D eigenvalue weighted by Gasteiger charge is 2.22. The summed E-state index contributed by atoms with van der Waals surface area (Å²) < 4.78 is 4.96. The first kappa shape index (κ1) is 25.7. The van der Waals surface area contributed by atoms with Gasteiger partial charge in [-0.1, -0.05) is 98.1 Å². The molecular weight excluding hydrogens is 532 g/mol. The Morgan fingerprint density at radius 3 is 1.95 bits per heavy atom. The van der Waals surface area contributed by atoms with Crippen molar-refractivity contribution in [1.82, 2.24) is 9.13 Å². The van der Waals surface area contributed by atoms with E-state index in [9.17, 15) is 0 Å². The van der Waals surface area contributed by atoms with E-state index < -0.39 is 0 Å². The molecule has 0 unspecified atom stereocenters. The zero-order valence-electron chi connectivity index (χ0n) is 25.0. The van der Waals surface area contributed by atoms with Crippen LogP contribution in [0, 0.1) is 5.92 Å². The van der Waals surface area contributed by atoms with Crippen molar-refractivity contribution >= 4 is 49.3 Å². The smallest absolute Gasteiger partial charge is 0.0544 e. The van der Waals surface area contributed by atoms with E-state index in [1.807, 2.05) is 0 Å². The molecule has 5 aromatic carbocycles. The van der Waals surface area contributed by atoms with Crippen molar-refractivity contribution in [3.05, 3.63) is 133 Å². The number of hydrogen-bond acceptors (Lipinski definition) is 0. The lowest BCUT2D eigenvalue weighted by atomic mass is 9.81. The van der Waals surface area contributed by atoms with Crippen LogP contribution in [-0.2, 0) is 0 Å². The summed E-state index contributed by atoms with van der Waals surface area (Å²) in [6.07, 6.45) is 14.1. The fraction of sp³-hybridized carbons (Fsp3) is 0.190. The summed E-state index contributed by atoms with van der Waals surface area (Å²) in [7, 11) is 0. The van der Waals surface area contributed by atoms with Crippen LogP contribution in [0.4, 0.5) is 0 Å². The maximum absolute atomic E-state index is 2.57. The van der Waals surface area contributed by atoms with Crippen LogP contribution in [0.1, 0.15) is 44.9 Å². The molecule has 2 aliphatic carbocycles. The van der Waals surface area contributed by atoms with E-state index in [0.717, 1.165) is 18.8 Å². The standard InChI is InChI=1S/C42H36N2/c1-3-12-29(13-4-1)30-14-11-17-34(26-30)44-39-20-9-7-18-35(39)37-24-22-32(28-42(37)44)31-23-25-41-38(27-31)36-19-8-10-21-40(36)43(41)33-15-5-2-6-16-33/h2,5-10,14-16,18-29H,1,3-4,11-13,17H2. The lowest BCUT2D eigenvalue weighted by molar-refractivity contribution is 0.407. The van der Waals surface area contributed by atoms with Gasteiger partial charge in [0.25, 0.3) is 0 Å². The van der Waals surface area contributed by atoms with Gasteiger partial charge in [0.15, 0.2) is 0 Å². The highest BCUT2D eigenvalue weighted by Crippen LogP contribution is 2.40. The molecule has 1 saturated carbocycles. The van der Waals surface area contributed by atoms with Gasteiger partial charge in [0, 0.05) is 32.9 Å². The van der Waals surface area contributed by atoms with Gasteiger partial charge >= 0.3 is 0 Å². The summed E-state index contributed by atoms with van der Waals surface area (Å²) in [6.45, 7) is 0. The van der Waals surface area contributed by atoms with Crippen LogP contribution in [0.2, 0.25) is 0 Å². The molecule has 9 rings (SSSR count). The molecule has 1 fully saturated rings. The average Bonchev–Trinajstić information content (AvgIpc) is 3.61. The van der Waals surface area contributed by atoms with Crippen LogP contribution in [0.3, 0.4) is 0 Å². The minimum atomic E-state index is 0.729. The Morgan fingerprint density at radius 1 is 0.500 bits per heavy atom. The fourth-order valence-electron chi connectivity index (χ4n) is 8.07. The van der Waals surface area contributed by atoms with E-state index >= 15 is 0 Å². The van der Waals surface area contributed by atoms with Gasteiger partial charge in [-0.15, -0.1) is 0 Å². The first-order valence-corrected chi connectivity index (χ1v) is 16.4. The molecule has 44 heavy (non-hydrogen) atoms. The zero-order valence-corrected chi connectivity index (χ0v) is 25.0.